The van der Waals surface area contributed by atoms with Crippen LogP contribution in [0.5, 0.6) is 0 Å². The van der Waals surface area contributed by atoms with E-state index in [1.54, 1.807) is 0 Å². The fourth-order valence-corrected chi connectivity index (χ4v) is 8.57. The van der Waals surface area contributed by atoms with Crippen LogP contribution in [0.4, 0.5) is 0 Å². The third kappa shape index (κ3) is 3.32. The molecule has 1 aromatic heterocycles. The lowest BCUT2D eigenvalue weighted by Crippen LogP contribution is -1.95. The zero-order valence-electron chi connectivity index (χ0n) is 23.8. The van der Waals surface area contributed by atoms with Crippen LogP contribution in [0.2, 0.25) is 0 Å². The maximum atomic E-state index is 2.50. The Balaban J connectivity index is 1.37. The first-order valence-corrected chi connectivity index (χ1v) is 15.9. The molecular formula is C42H25NS. The van der Waals surface area contributed by atoms with Gasteiger partial charge in [-0.1, -0.05) is 127 Å². The largest absolute Gasteiger partial charge is 0.308 e. The molecule has 0 unspecified atom stereocenters. The molecule has 1 aliphatic rings. The first-order valence-electron chi connectivity index (χ1n) is 15.1. The third-order valence-electron chi connectivity index (χ3n) is 9.32. The molecule has 0 bridgehead atoms. The van der Waals surface area contributed by atoms with Gasteiger partial charge in [0.1, 0.15) is 0 Å². The van der Waals surface area contributed by atoms with Gasteiger partial charge in [0.2, 0.25) is 0 Å². The van der Waals surface area contributed by atoms with E-state index in [4.69, 9.17) is 0 Å². The van der Waals surface area contributed by atoms with Gasteiger partial charge in [0.25, 0.3) is 0 Å². The number of nitrogens with zero attached hydrogens (tertiary/aromatic N) is 1. The molecule has 0 aliphatic carbocycles. The summed E-state index contributed by atoms with van der Waals surface area (Å²) in [6.45, 7) is 0. The smallest absolute Gasteiger partial charge is 0.0625 e. The van der Waals surface area contributed by atoms with E-state index >= 15 is 0 Å². The first-order chi connectivity index (χ1) is 21.8. The zero-order chi connectivity index (χ0) is 28.8. The molecule has 9 aromatic rings. The summed E-state index contributed by atoms with van der Waals surface area (Å²) in [4.78, 5) is 2.65. The minimum absolute atomic E-state index is 1.18. The van der Waals surface area contributed by atoms with E-state index in [9.17, 15) is 0 Å². The van der Waals surface area contributed by atoms with Crippen molar-refractivity contribution in [1.82, 2.24) is 4.57 Å². The van der Waals surface area contributed by atoms with Crippen LogP contribution in [0.25, 0.3) is 82.1 Å². The lowest BCUT2D eigenvalue weighted by Gasteiger charge is -2.21. The van der Waals surface area contributed by atoms with Gasteiger partial charge in [-0.3, -0.25) is 0 Å². The summed E-state index contributed by atoms with van der Waals surface area (Å²) in [6.07, 6.45) is 0. The average Bonchev–Trinajstić information content (AvgIpc) is 3.45. The second-order valence-electron chi connectivity index (χ2n) is 11.7. The van der Waals surface area contributed by atoms with Crippen molar-refractivity contribution >= 4 is 65.9 Å². The van der Waals surface area contributed by atoms with Crippen molar-refractivity contribution < 1.29 is 0 Å². The van der Waals surface area contributed by atoms with E-state index in [1.807, 2.05) is 11.8 Å². The summed E-state index contributed by atoms with van der Waals surface area (Å²) >= 11 is 1.89. The van der Waals surface area contributed by atoms with Gasteiger partial charge < -0.3 is 4.57 Å². The van der Waals surface area contributed by atoms with Crippen LogP contribution in [0.3, 0.4) is 0 Å². The predicted octanol–water partition coefficient (Wildman–Crippen LogP) is 12.0. The monoisotopic (exact) mass is 575 g/mol. The molecular weight excluding hydrogens is 551 g/mol. The number of para-hydroxylation sites is 1. The molecule has 0 radical (unpaired) electrons. The van der Waals surface area contributed by atoms with Crippen LogP contribution in [-0.4, -0.2) is 4.57 Å². The fraction of sp³-hybridized carbons (Fsp3) is 0. The molecule has 2 heterocycles. The minimum atomic E-state index is 1.18. The first kappa shape index (κ1) is 24.2. The lowest BCUT2D eigenvalue weighted by atomic mass is 9.91. The summed E-state index contributed by atoms with van der Waals surface area (Å²) < 4.78 is 2.50. The minimum Gasteiger partial charge on any atom is -0.308 e. The molecule has 0 saturated heterocycles. The van der Waals surface area contributed by atoms with Gasteiger partial charge in [-0.05, 0) is 74.8 Å². The highest BCUT2D eigenvalue weighted by atomic mass is 32.2. The highest BCUT2D eigenvalue weighted by molar-refractivity contribution is 7.99. The standard InChI is InChI=1S/C42H25NS/c1-2-14-30(15-3-1)43-41-31-16-6-4-10-26(31)20-22-34(41)40-35(24-28-11-5-7-17-32(28)42(40)43)29-21-23-37-36(25-29)33-18-8-12-27-13-9-19-38(44-37)39(27)33/h1-25H. The molecule has 0 N–H and O–H groups in total. The Kier molecular flexibility index (Phi) is 5.00. The van der Waals surface area contributed by atoms with E-state index < -0.39 is 0 Å². The quantitative estimate of drug-likeness (QED) is 0.198. The Morgan fingerprint density at radius 2 is 1.11 bits per heavy atom. The van der Waals surface area contributed by atoms with Gasteiger partial charge in [-0.25, -0.2) is 0 Å². The van der Waals surface area contributed by atoms with Gasteiger partial charge in [-0.15, -0.1) is 0 Å². The molecule has 0 saturated carbocycles. The number of aromatic nitrogens is 1. The van der Waals surface area contributed by atoms with Crippen molar-refractivity contribution in [1.29, 1.82) is 0 Å². The van der Waals surface area contributed by atoms with Crippen molar-refractivity contribution in [3.05, 3.63) is 152 Å². The maximum absolute atomic E-state index is 2.50. The predicted molar refractivity (Wildman–Crippen MR) is 188 cm³/mol. The van der Waals surface area contributed by atoms with Crippen molar-refractivity contribution in [3.63, 3.8) is 0 Å². The molecule has 8 aromatic carbocycles. The van der Waals surface area contributed by atoms with E-state index in [0.717, 1.165) is 0 Å². The fourth-order valence-electron chi connectivity index (χ4n) is 7.44. The van der Waals surface area contributed by atoms with Gasteiger partial charge >= 0.3 is 0 Å². The van der Waals surface area contributed by atoms with E-state index in [2.05, 4.69) is 156 Å². The van der Waals surface area contributed by atoms with E-state index in [0.29, 0.717) is 0 Å². The summed E-state index contributed by atoms with van der Waals surface area (Å²) in [7, 11) is 0. The topological polar surface area (TPSA) is 4.93 Å². The number of fused-ring (bicyclic) bond motifs is 9. The van der Waals surface area contributed by atoms with Crippen molar-refractivity contribution in [3.8, 4) is 27.9 Å². The maximum Gasteiger partial charge on any atom is 0.0625 e. The molecule has 0 spiro atoms. The van der Waals surface area contributed by atoms with Crippen LogP contribution in [0, 0.1) is 0 Å². The molecule has 1 nitrogen and oxygen atoms in total. The number of rotatable bonds is 2. The highest BCUT2D eigenvalue weighted by Gasteiger charge is 2.23. The Bertz CT molecular complexity index is 2620. The molecule has 0 amide bonds. The van der Waals surface area contributed by atoms with Crippen LogP contribution in [0.15, 0.2) is 161 Å². The average molecular weight is 576 g/mol. The number of hydrogen-bond acceptors (Lipinski definition) is 1. The van der Waals surface area contributed by atoms with Crippen LogP contribution in [-0.2, 0) is 0 Å². The molecule has 0 atom stereocenters. The summed E-state index contributed by atoms with van der Waals surface area (Å²) in [5.74, 6) is 0. The Hall–Kier alpha value is -5.31. The van der Waals surface area contributed by atoms with Gasteiger partial charge in [0.15, 0.2) is 0 Å². The van der Waals surface area contributed by atoms with Gasteiger partial charge in [-0.2, -0.15) is 0 Å². The molecule has 2 heteroatoms. The molecule has 10 rings (SSSR count). The normalized spacial score (nSPS) is 12.5. The molecule has 0 fully saturated rings. The summed E-state index contributed by atoms with van der Waals surface area (Å²) in [5.41, 5.74) is 8.85. The van der Waals surface area contributed by atoms with Crippen molar-refractivity contribution in [2.45, 2.75) is 9.79 Å². The van der Waals surface area contributed by atoms with E-state index in [1.165, 1.54) is 91.9 Å². The Morgan fingerprint density at radius 1 is 0.386 bits per heavy atom. The number of benzene rings is 8. The Labute approximate surface area is 259 Å². The second-order valence-corrected chi connectivity index (χ2v) is 12.8. The van der Waals surface area contributed by atoms with Gasteiger partial charge in [0, 0.05) is 42.4 Å². The summed E-state index contributed by atoms with van der Waals surface area (Å²) in [6, 6.07) is 56.0. The summed E-state index contributed by atoms with van der Waals surface area (Å²) in [5, 5.41) is 10.3. The second kappa shape index (κ2) is 9.09. The van der Waals surface area contributed by atoms with Crippen molar-refractivity contribution in [2.75, 3.05) is 0 Å². The lowest BCUT2D eigenvalue weighted by molar-refractivity contribution is 1.19. The van der Waals surface area contributed by atoms with Gasteiger partial charge in [0.05, 0.1) is 11.0 Å². The highest BCUT2D eigenvalue weighted by Crippen LogP contribution is 2.50. The van der Waals surface area contributed by atoms with Crippen LogP contribution in [0.1, 0.15) is 0 Å². The zero-order valence-corrected chi connectivity index (χ0v) is 24.6. The van der Waals surface area contributed by atoms with Crippen molar-refractivity contribution in [2.24, 2.45) is 0 Å². The molecule has 204 valence electrons. The van der Waals surface area contributed by atoms with E-state index in [-0.39, 0.29) is 0 Å². The van der Waals surface area contributed by atoms with Crippen LogP contribution >= 0.6 is 11.8 Å². The van der Waals surface area contributed by atoms with Crippen LogP contribution < -0.4 is 0 Å². The third-order valence-corrected chi connectivity index (χ3v) is 10.5. The molecule has 44 heavy (non-hydrogen) atoms. The Morgan fingerprint density at radius 3 is 1.98 bits per heavy atom. The number of hydrogen-bond donors (Lipinski definition) is 0. The molecule has 1 aliphatic heterocycles. The SMILES string of the molecule is c1ccc(-n2c3c4ccccc4ccc3c3c(-c4ccc5c(c4)-c4cccc6cccc(c46)S5)cc4ccccc4c32)cc1.